The number of likely N-dealkylation sites (N-methyl/N-ethyl adjacent to an activating group) is 1. The number of aromatic nitrogens is 1. The lowest BCUT2D eigenvalue weighted by Crippen LogP contribution is -2.28. The fourth-order valence-electron chi connectivity index (χ4n) is 5.43. The molecule has 168 valence electrons. The molecule has 2 aromatic carbocycles. The molecule has 1 fully saturated rings. The van der Waals surface area contributed by atoms with Gasteiger partial charge in [-0.1, -0.05) is 48.0 Å². The summed E-state index contributed by atoms with van der Waals surface area (Å²) >= 11 is 6.37. The molecule has 3 heterocycles. The third-order valence-corrected chi connectivity index (χ3v) is 7.36. The Kier molecular flexibility index (Phi) is 5.22. The van der Waals surface area contributed by atoms with E-state index in [0.29, 0.717) is 12.5 Å². The number of anilines is 1. The Morgan fingerprint density at radius 3 is 2.76 bits per heavy atom. The maximum atomic E-state index is 6.48. The molecule has 0 unspecified atom stereocenters. The minimum atomic E-state index is 0.233. The van der Waals surface area contributed by atoms with Crippen molar-refractivity contribution >= 4 is 39.8 Å². The quantitative estimate of drug-likeness (QED) is 0.584. The first-order valence-electron chi connectivity index (χ1n) is 11.7. The number of nitrogens with zero attached hydrogens (tertiary/aromatic N) is 3. The van der Waals surface area contributed by atoms with E-state index >= 15 is 0 Å². The predicted octanol–water partition coefficient (Wildman–Crippen LogP) is 5.23. The minimum absolute atomic E-state index is 0.233. The van der Waals surface area contributed by atoms with Gasteiger partial charge in [0.2, 0.25) is 0 Å². The molecule has 33 heavy (non-hydrogen) atoms. The van der Waals surface area contributed by atoms with Crippen LogP contribution in [0.3, 0.4) is 0 Å². The largest absolute Gasteiger partial charge is 0.490 e. The number of ether oxygens (including phenoxy) is 1. The second kappa shape index (κ2) is 8.38. The molecular formula is C27H27ClN4O. The SMILES string of the molecule is CN1CC=C(Cl)C=c2[nH]c3c(c21)CN=NC=3[C@H]1CC[C@H](Oc2cccc3ccccc23)CC1. The van der Waals surface area contributed by atoms with E-state index in [1.807, 2.05) is 12.2 Å². The van der Waals surface area contributed by atoms with Crippen molar-refractivity contribution in [2.75, 3.05) is 18.5 Å². The minimum Gasteiger partial charge on any atom is -0.490 e. The van der Waals surface area contributed by atoms with Crippen molar-refractivity contribution in [1.82, 2.24) is 4.98 Å². The van der Waals surface area contributed by atoms with Crippen molar-refractivity contribution in [2.45, 2.75) is 38.3 Å². The van der Waals surface area contributed by atoms with Crippen molar-refractivity contribution in [3.63, 3.8) is 0 Å². The van der Waals surface area contributed by atoms with Crippen LogP contribution < -0.4 is 20.3 Å². The fourth-order valence-corrected chi connectivity index (χ4v) is 5.60. The molecule has 0 saturated heterocycles. The zero-order valence-electron chi connectivity index (χ0n) is 18.7. The maximum Gasteiger partial charge on any atom is 0.127 e. The highest BCUT2D eigenvalue weighted by Crippen LogP contribution is 2.36. The van der Waals surface area contributed by atoms with Gasteiger partial charge in [-0.25, -0.2) is 0 Å². The average molecular weight is 459 g/mol. The molecule has 0 radical (unpaired) electrons. The van der Waals surface area contributed by atoms with E-state index in [-0.39, 0.29) is 6.10 Å². The van der Waals surface area contributed by atoms with Gasteiger partial charge in [-0.05, 0) is 49.3 Å². The summed E-state index contributed by atoms with van der Waals surface area (Å²) in [5.74, 6) is 1.37. The van der Waals surface area contributed by atoms with E-state index in [0.717, 1.165) is 59.4 Å². The van der Waals surface area contributed by atoms with Crippen LogP contribution >= 0.6 is 11.6 Å². The number of fused-ring (bicyclic) bond motifs is 4. The zero-order valence-corrected chi connectivity index (χ0v) is 19.5. The lowest BCUT2D eigenvalue weighted by molar-refractivity contribution is 0.144. The van der Waals surface area contributed by atoms with Gasteiger partial charge in [0.1, 0.15) is 5.75 Å². The Bertz CT molecular complexity index is 1390. The molecule has 0 bridgehead atoms. The Morgan fingerprint density at radius 2 is 1.88 bits per heavy atom. The van der Waals surface area contributed by atoms with Crippen molar-refractivity contribution in [3.8, 4) is 5.75 Å². The molecule has 1 aliphatic carbocycles. The highest BCUT2D eigenvalue weighted by Gasteiger charge is 2.29. The number of H-pyrrole nitrogens is 1. The first-order chi connectivity index (χ1) is 16.2. The Morgan fingerprint density at radius 1 is 1.06 bits per heavy atom. The van der Waals surface area contributed by atoms with Crippen LogP contribution in [0.4, 0.5) is 5.69 Å². The van der Waals surface area contributed by atoms with Gasteiger partial charge in [-0.3, -0.25) is 0 Å². The number of hydrogen-bond donors (Lipinski definition) is 1. The summed E-state index contributed by atoms with van der Waals surface area (Å²) in [6, 6.07) is 14.7. The number of allylic oxidation sites excluding steroid dienone is 1. The molecule has 6 heteroatoms. The van der Waals surface area contributed by atoms with E-state index in [9.17, 15) is 0 Å². The predicted molar refractivity (Wildman–Crippen MR) is 134 cm³/mol. The number of hydrogen-bond acceptors (Lipinski definition) is 4. The van der Waals surface area contributed by atoms with Gasteiger partial charge in [0.15, 0.2) is 0 Å². The summed E-state index contributed by atoms with van der Waals surface area (Å²) in [7, 11) is 2.11. The van der Waals surface area contributed by atoms with Gasteiger partial charge < -0.3 is 14.6 Å². The molecule has 3 aromatic rings. The normalized spacial score (nSPS) is 22.3. The monoisotopic (exact) mass is 458 g/mol. The standard InChI is InChI=1S/C27H27ClN4O/c1-32-14-13-19(28)15-23-27(32)22-16-29-31-25(26(22)30-23)18-9-11-20(12-10-18)33-24-8-4-6-17-5-2-3-7-21(17)24/h2-8,13,15,18,20,30H,9-12,14,16H2,1H3/t18-,20-. The van der Waals surface area contributed by atoms with Crippen LogP contribution in [0.15, 0.2) is 63.8 Å². The molecule has 3 aliphatic rings. The summed E-state index contributed by atoms with van der Waals surface area (Å²) in [4.78, 5) is 5.87. The zero-order chi connectivity index (χ0) is 22.4. The Hall–Kier alpha value is -3.05. The molecule has 1 aromatic heterocycles. The molecule has 0 spiro atoms. The summed E-state index contributed by atoms with van der Waals surface area (Å²) in [5, 5.41) is 14.5. The number of nitrogens with one attached hydrogen (secondary N) is 1. The molecule has 1 saturated carbocycles. The first-order valence-corrected chi connectivity index (χ1v) is 12.1. The van der Waals surface area contributed by atoms with E-state index in [1.165, 1.54) is 22.0 Å². The van der Waals surface area contributed by atoms with Crippen LogP contribution in [0, 0.1) is 5.92 Å². The van der Waals surface area contributed by atoms with Crippen LogP contribution in [-0.2, 0) is 6.54 Å². The summed E-state index contributed by atoms with van der Waals surface area (Å²) < 4.78 is 6.48. The second-order valence-electron chi connectivity index (χ2n) is 9.21. The summed E-state index contributed by atoms with van der Waals surface area (Å²) in [6.45, 7) is 1.40. The molecular weight excluding hydrogens is 432 g/mol. The van der Waals surface area contributed by atoms with Crippen molar-refractivity contribution in [3.05, 3.63) is 69.8 Å². The van der Waals surface area contributed by atoms with E-state index in [2.05, 4.69) is 69.6 Å². The van der Waals surface area contributed by atoms with Gasteiger partial charge >= 0.3 is 0 Å². The van der Waals surface area contributed by atoms with Gasteiger partial charge in [-0.15, -0.1) is 0 Å². The van der Waals surface area contributed by atoms with Crippen LogP contribution in [0.25, 0.3) is 22.5 Å². The van der Waals surface area contributed by atoms with Gasteiger partial charge in [-0.2, -0.15) is 10.2 Å². The van der Waals surface area contributed by atoms with Crippen LogP contribution in [0.5, 0.6) is 5.75 Å². The third-order valence-electron chi connectivity index (χ3n) is 7.09. The van der Waals surface area contributed by atoms with Crippen LogP contribution in [0.1, 0.15) is 31.2 Å². The molecule has 2 aliphatic heterocycles. The lowest BCUT2D eigenvalue weighted by atomic mass is 9.84. The van der Waals surface area contributed by atoms with Gasteiger partial charge in [0, 0.05) is 35.5 Å². The average Bonchev–Trinajstić information content (AvgIpc) is 3.14. The van der Waals surface area contributed by atoms with Crippen LogP contribution in [-0.4, -0.2) is 24.7 Å². The van der Waals surface area contributed by atoms with E-state index < -0.39 is 0 Å². The number of halogens is 1. The number of benzene rings is 2. The smallest absolute Gasteiger partial charge is 0.127 e. The van der Waals surface area contributed by atoms with E-state index in [4.69, 9.17) is 16.3 Å². The van der Waals surface area contributed by atoms with E-state index in [1.54, 1.807) is 0 Å². The van der Waals surface area contributed by atoms with Crippen molar-refractivity contribution in [1.29, 1.82) is 0 Å². The molecule has 5 nitrogen and oxygen atoms in total. The second-order valence-corrected chi connectivity index (χ2v) is 9.64. The first kappa shape index (κ1) is 20.5. The van der Waals surface area contributed by atoms with Crippen molar-refractivity contribution < 1.29 is 4.74 Å². The number of aromatic amines is 1. The summed E-state index contributed by atoms with van der Waals surface area (Å²) in [5.41, 5.74) is 3.53. The van der Waals surface area contributed by atoms with Gasteiger partial charge in [0.05, 0.1) is 34.7 Å². The number of rotatable bonds is 3. The molecule has 0 amide bonds. The van der Waals surface area contributed by atoms with Crippen molar-refractivity contribution in [2.24, 2.45) is 16.1 Å². The van der Waals surface area contributed by atoms with Gasteiger partial charge in [0.25, 0.3) is 0 Å². The maximum absolute atomic E-state index is 6.48. The van der Waals surface area contributed by atoms with Crippen LogP contribution in [0.2, 0.25) is 0 Å². The molecule has 6 rings (SSSR count). The highest BCUT2D eigenvalue weighted by molar-refractivity contribution is 6.34. The summed E-state index contributed by atoms with van der Waals surface area (Å²) in [6.07, 6.45) is 8.42. The highest BCUT2D eigenvalue weighted by atomic mass is 35.5. The fraction of sp³-hybridized carbons (Fsp3) is 0.333. The lowest BCUT2D eigenvalue weighted by Gasteiger charge is -2.29. The Balaban J connectivity index is 1.26. The molecule has 0 atom stereocenters. The topological polar surface area (TPSA) is 53.0 Å². The third kappa shape index (κ3) is 3.74. The molecule has 1 N–H and O–H groups in total. The number of azo groups is 1. The Labute approximate surface area is 198 Å².